The number of fused-ring (bicyclic) bond motifs is 1. The van der Waals surface area contributed by atoms with E-state index in [0.717, 1.165) is 16.6 Å². The second kappa shape index (κ2) is 10.8. The summed E-state index contributed by atoms with van der Waals surface area (Å²) in [6, 6.07) is 17.6. The Labute approximate surface area is 197 Å². The van der Waals surface area contributed by atoms with Crippen LogP contribution in [-0.2, 0) is 27.4 Å². The second-order valence-electron chi connectivity index (χ2n) is 7.88. The normalized spacial score (nSPS) is 11.9. The van der Waals surface area contributed by atoms with Gasteiger partial charge in [-0.05, 0) is 42.3 Å². The summed E-state index contributed by atoms with van der Waals surface area (Å²) in [5.74, 6) is -0.0167. The number of methoxy groups -OCH3 is 1. The molecular formula is C25H27N5O4. The van der Waals surface area contributed by atoms with Gasteiger partial charge in [0.1, 0.15) is 23.9 Å². The molecule has 4 aromatic rings. The molecule has 9 heteroatoms. The Hall–Kier alpha value is -3.98. The van der Waals surface area contributed by atoms with Crippen molar-refractivity contribution in [1.82, 2.24) is 25.2 Å². The van der Waals surface area contributed by atoms with Crippen LogP contribution in [0.4, 0.5) is 0 Å². The highest BCUT2D eigenvalue weighted by atomic mass is 16.5. The van der Waals surface area contributed by atoms with Crippen molar-refractivity contribution in [2.75, 3.05) is 20.3 Å². The lowest BCUT2D eigenvalue weighted by Crippen LogP contribution is -2.45. The van der Waals surface area contributed by atoms with Crippen LogP contribution in [0.15, 0.2) is 71.3 Å². The molecule has 2 amide bonds. The number of furan rings is 1. The van der Waals surface area contributed by atoms with Crippen molar-refractivity contribution in [3.8, 4) is 0 Å². The van der Waals surface area contributed by atoms with E-state index in [1.165, 1.54) is 4.90 Å². The molecule has 2 aromatic heterocycles. The number of nitrogens with zero attached hydrogens (tertiary/aromatic N) is 4. The first-order valence-electron chi connectivity index (χ1n) is 11.0. The maximum Gasteiger partial charge on any atom is 0.247 e. The Morgan fingerprint density at radius 3 is 2.68 bits per heavy atom. The first-order valence-corrected chi connectivity index (χ1v) is 11.0. The van der Waals surface area contributed by atoms with Gasteiger partial charge in [0.2, 0.25) is 11.8 Å². The topological polar surface area (TPSA) is 102 Å². The molecule has 0 saturated heterocycles. The van der Waals surface area contributed by atoms with Gasteiger partial charge in [-0.3, -0.25) is 9.59 Å². The summed E-state index contributed by atoms with van der Waals surface area (Å²) in [6.07, 6.45) is 1.55. The van der Waals surface area contributed by atoms with Crippen molar-refractivity contribution in [3.63, 3.8) is 0 Å². The number of hydrogen-bond acceptors (Lipinski definition) is 6. The zero-order valence-corrected chi connectivity index (χ0v) is 19.2. The van der Waals surface area contributed by atoms with E-state index in [1.807, 2.05) is 55.5 Å². The van der Waals surface area contributed by atoms with Gasteiger partial charge in [-0.25, -0.2) is 4.68 Å². The number of rotatable bonds is 10. The molecule has 4 rings (SSSR count). The average Bonchev–Trinajstić information content (AvgIpc) is 3.50. The van der Waals surface area contributed by atoms with Crippen LogP contribution in [0.3, 0.4) is 0 Å². The first-order chi connectivity index (χ1) is 16.6. The van der Waals surface area contributed by atoms with Crippen LogP contribution in [0.5, 0.6) is 0 Å². The molecule has 0 unspecified atom stereocenters. The summed E-state index contributed by atoms with van der Waals surface area (Å²) in [5, 5.41) is 11.2. The summed E-state index contributed by atoms with van der Waals surface area (Å²) < 4.78 is 12.2. The third kappa shape index (κ3) is 5.15. The van der Waals surface area contributed by atoms with Crippen LogP contribution >= 0.6 is 0 Å². The number of nitrogens with one attached hydrogen (secondary N) is 1. The number of ether oxygens (including phenoxy) is 1. The lowest BCUT2D eigenvalue weighted by molar-refractivity contribution is -0.142. The van der Waals surface area contributed by atoms with E-state index in [1.54, 1.807) is 30.2 Å². The molecule has 0 saturated carbocycles. The number of carbonyl (C=O) groups excluding carboxylic acids is 2. The molecule has 1 atom stereocenters. The zero-order chi connectivity index (χ0) is 23.9. The quantitative estimate of drug-likeness (QED) is 0.364. The van der Waals surface area contributed by atoms with Gasteiger partial charge in [0, 0.05) is 13.7 Å². The van der Waals surface area contributed by atoms with Crippen molar-refractivity contribution >= 4 is 22.8 Å². The van der Waals surface area contributed by atoms with E-state index < -0.39 is 6.04 Å². The van der Waals surface area contributed by atoms with E-state index in [9.17, 15) is 9.59 Å². The van der Waals surface area contributed by atoms with E-state index >= 15 is 0 Å². The number of para-hydroxylation sites is 1. The Morgan fingerprint density at radius 2 is 1.91 bits per heavy atom. The van der Waals surface area contributed by atoms with Crippen LogP contribution in [0.1, 0.15) is 22.9 Å². The number of amides is 2. The van der Waals surface area contributed by atoms with E-state index in [-0.39, 0.29) is 24.9 Å². The molecule has 9 nitrogen and oxygen atoms in total. The molecule has 2 heterocycles. The highest BCUT2D eigenvalue weighted by molar-refractivity contribution is 5.89. The molecule has 0 spiro atoms. The number of benzene rings is 2. The molecule has 0 aliphatic carbocycles. The Kier molecular flexibility index (Phi) is 7.34. The zero-order valence-electron chi connectivity index (χ0n) is 19.2. The van der Waals surface area contributed by atoms with Crippen molar-refractivity contribution in [2.24, 2.45) is 0 Å². The SMILES string of the molecule is COCCNC(=O)[C@H](c1ccccc1C)N(Cc1ccco1)C(=O)Cn1nnc2ccccc21. The number of aromatic nitrogens is 3. The number of aryl methyl sites for hydroxylation is 1. The molecule has 0 fully saturated rings. The lowest BCUT2D eigenvalue weighted by atomic mass is 9.98. The minimum absolute atomic E-state index is 0.0745. The largest absolute Gasteiger partial charge is 0.467 e. The maximum atomic E-state index is 13.7. The predicted octanol–water partition coefficient (Wildman–Crippen LogP) is 2.87. The summed E-state index contributed by atoms with van der Waals surface area (Å²) in [7, 11) is 1.57. The Morgan fingerprint density at radius 1 is 1.12 bits per heavy atom. The fourth-order valence-electron chi connectivity index (χ4n) is 3.86. The molecule has 0 bridgehead atoms. The summed E-state index contributed by atoms with van der Waals surface area (Å²) in [5.41, 5.74) is 3.07. The summed E-state index contributed by atoms with van der Waals surface area (Å²) in [4.78, 5) is 28.7. The highest BCUT2D eigenvalue weighted by Crippen LogP contribution is 2.27. The fourth-order valence-corrected chi connectivity index (χ4v) is 3.86. The Balaban J connectivity index is 1.71. The molecule has 2 aromatic carbocycles. The van der Waals surface area contributed by atoms with Gasteiger partial charge in [-0.15, -0.1) is 5.10 Å². The summed E-state index contributed by atoms with van der Waals surface area (Å²) >= 11 is 0. The Bertz CT molecular complexity index is 1250. The number of carbonyl (C=O) groups is 2. The molecule has 0 aliphatic rings. The van der Waals surface area contributed by atoms with Crippen molar-refractivity contribution < 1.29 is 18.7 Å². The first kappa shape index (κ1) is 23.2. The van der Waals surface area contributed by atoms with E-state index in [2.05, 4.69) is 15.6 Å². The van der Waals surface area contributed by atoms with E-state index in [4.69, 9.17) is 9.15 Å². The van der Waals surface area contributed by atoms with Gasteiger partial charge in [0.05, 0.1) is 24.9 Å². The minimum Gasteiger partial charge on any atom is -0.467 e. The van der Waals surface area contributed by atoms with Crippen LogP contribution < -0.4 is 5.32 Å². The summed E-state index contributed by atoms with van der Waals surface area (Å²) in [6.45, 7) is 2.66. The highest BCUT2D eigenvalue weighted by Gasteiger charge is 2.33. The van der Waals surface area contributed by atoms with Gasteiger partial charge in [-0.1, -0.05) is 41.6 Å². The van der Waals surface area contributed by atoms with Gasteiger partial charge in [0.15, 0.2) is 0 Å². The third-order valence-corrected chi connectivity index (χ3v) is 5.58. The average molecular weight is 462 g/mol. The van der Waals surface area contributed by atoms with Gasteiger partial charge < -0.3 is 19.4 Å². The van der Waals surface area contributed by atoms with Crippen LogP contribution in [0.2, 0.25) is 0 Å². The van der Waals surface area contributed by atoms with Crippen molar-refractivity contribution in [3.05, 3.63) is 83.8 Å². The monoisotopic (exact) mass is 461 g/mol. The van der Waals surface area contributed by atoms with Gasteiger partial charge >= 0.3 is 0 Å². The van der Waals surface area contributed by atoms with E-state index in [0.29, 0.717) is 24.4 Å². The maximum absolute atomic E-state index is 13.7. The van der Waals surface area contributed by atoms with Crippen molar-refractivity contribution in [1.29, 1.82) is 0 Å². The van der Waals surface area contributed by atoms with Gasteiger partial charge in [-0.2, -0.15) is 0 Å². The fraction of sp³-hybridized carbons (Fsp3) is 0.280. The molecule has 0 aliphatic heterocycles. The van der Waals surface area contributed by atoms with Gasteiger partial charge in [0.25, 0.3) is 0 Å². The second-order valence-corrected chi connectivity index (χ2v) is 7.88. The third-order valence-electron chi connectivity index (χ3n) is 5.58. The minimum atomic E-state index is -0.870. The molecular weight excluding hydrogens is 434 g/mol. The standard InChI is InChI=1S/C25H27N5O4/c1-18-8-3-4-10-20(18)24(25(32)26-13-15-33-2)29(16-19-9-7-14-34-19)23(31)17-30-22-12-6-5-11-21(22)27-28-30/h3-12,14,24H,13,15-17H2,1-2H3,(H,26,32)/t24-/m0/s1. The molecule has 34 heavy (non-hydrogen) atoms. The molecule has 176 valence electrons. The smallest absolute Gasteiger partial charge is 0.247 e. The van der Waals surface area contributed by atoms with Crippen molar-refractivity contribution in [2.45, 2.75) is 26.1 Å². The molecule has 0 radical (unpaired) electrons. The number of hydrogen-bond donors (Lipinski definition) is 1. The predicted molar refractivity (Wildman–Crippen MR) is 126 cm³/mol. The van der Waals surface area contributed by atoms with Crippen LogP contribution in [-0.4, -0.2) is 52.0 Å². The van der Waals surface area contributed by atoms with Crippen LogP contribution in [0, 0.1) is 6.92 Å². The molecule has 1 N–H and O–H groups in total. The van der Waals surface area contributed by atoms with Crippen LogP contribution in [0.25, 0.3) is 11.0 Å². The lowest BCUT2D eigenvalue weighted by Gasteiger charge is -2.31.